The summed E-state index contributed by atoms with van der Waals surface area (Å²) in [7, 11) is 0. The number of amides is 1. The van der Waals surface area contributed by atoms with E-state index in [4.69, 9.17) is 5.53 Å². The first-order chi connectivity index (χ1) is 3.81. The Balaban J connectivity index is 3.18. The van der Waals surface area contributed by atoms with Gasteiger partial charge < -0.3 is 15.7 Å². The molecule has 0 bridgehead atoms. The van der Waals surface area contributed by atoms with Crippen molar-refractivity contribution in [1.29, 1.82) is 0 Å². The molecular weight excluding hydrogens is 110 g/mol. The Morgan fingerprint density at radius 2 is 2.62 bits per heavy atom. The highest BCUT2D eigenvalue weighted by Gasteiger charge is 1.85. The molecule has 0 unspecified atom stereocenters. The lowest BCUT2D eigenvalue weighted by molar-refractivity contribution is 0.152. The number of rotatable bonds is 2. The molecule has 0 aliphatic carbocycles. The molecule has 1 amide bonds. The minimum Gasteiger partial charge on any atom is -0.464 e. The minimum absolute atomic E-state index is 0.265. The highest BCUT2D eigenvalue weighted by Crippen LogP contribution is 1.73. The van der Waals surface area contributed by atoms with Gasteiger partial charge in [-0.1, -0.05) is 0 Å². The lowest BCUT2D eigenvalue weighted by Gasteiger charge is -2.02. The van der Waals surface area contributed by atoms with E-state index in [2.05, 4.69) is 9.96 Å². The van der Waals surface area contributed by atoms with E-state index >= 15 is 0 Å². The van der Waals surface area contributed by atoms with Crippen LogP contribution in [0.15, 0.2) is 5.22 Å². The number of hydrogen-bond donors (Lipinski definition) is 1. The Labute approximate surface area is 46.5 Å². The van der Waals surface area contributed by atoms with Gasteiger partial charge in [0.15, 0.2) is 0 Å². The second-order valence-electron chi connectivity index (χ2n) is 0.932. The summed E-state index contributed by atoms with van der Waals surface area (Å²) in [5.74, 6) is 0. The number of carbonyl (C=O) groups excluding carboxylic acids is 1. The minimum atomic E-state index is -0.755. The van der Waals surface area contributed by atoms with Crippen molar-refractivity contribution in [2.45, 2.75) is 6.92 Å². The van der Waals surface area contributed by atoms with Crippen molar-refractivity contribution >= 4 is 6.09 Å². The molecule has 0 aromatic heterocycles. The highest BCUT2D eigenvalue weighted by molar-refractivity contribution is 5.66. The van der Waals surface area contributed by atoms with E-state index in [1.165, 1.54) is 0 Å². The lowest BCUT2D eigenvalue weighted by atomic mass is 10.9. The second kappa shape index (κ2) is 4.04. The first kappa shape index (κ1) is 6.87. The van der Waals surface area contributed by atoms with Crippen molar-refractivity contribution in [2.24, 2.45) is 5.22 Å². The molecule has 0 fully saturated rings. The van der Waals surface area contributed by atoms with E-state index in [9.17, 15) is 4.79 Å². The molecular formula is C3H6N3O2-. The molecule has 8 heavy (non-hydrogen) atoms. The summed E-state index contributed by atoms with van der Waals surface area (Å²) in [5.41, 5.74) is 9.34. The van der Waals surface area contributed by atoms with Crippen LogP contribution >= 0.6 is 0 Å². The van der Waals surface area contributed by atoms with E-state index in [1.54, 1.807) is 12.3 Å². The van der Waals surface area contributed by atoms with Crippen molar-refractivity contribution < 1.29 is 9.53 Å². The summed E-state index contributed by atoms with van der Waals surface area (Å²) in [5, 5.41) is 2.33. The smallest absolute Gasteiger partial charge is 0.340 e. The molecule has 0 atom stereocenters. The fourth-order valence-electron chi connectivity index (χ4n) is 0.204. The molecule has 0 saturated carbocycles. The Morgan fingerprint density at radius 3 is 3.00 bits per heavy atom. The lowest BCUT2D eigenvalue weighted by Crippen LogP contribution is -2.17. The predicted octanol–water partition coefficient (Wildman–Crippen LogP) is 0.669. The number of ether oxygens (including phenoxy) is 1. The van der Waals surface area contributed by atoms with E-state index in [1.807, 2.05) is 0 Å². The van der Waals surface area contributed by atoms with Crippen LogP contribution < -0.4 is 5.43 Å². The van der Waals surface area contributed by atoms with E-state index in [0.717, 1.165) is 0 Å². The molecule has 0 aliphatic rings. The van der Waals surface area contributed by atoms with Gasteiger partial charge in [-0.2, -0.15) is 0 Å². The molecule has 0 aromatic carbocycles. The van der Waals surface area contributed by atoms with Gasteiger partial charge in [-0.15, -0.1) is 0 Å². The topological polar surface area (TPSA) is 73.0 Å². The van der Waals surface area contributed by atoms with Gasteiger partial charge in [0.2, 0.25) is 0 Å². The monoisotopic (exact) mass is 116 g/mol. The van der Waals surface area contributed by atoms with Crippen molar-refractivity contribution in [3.63, 3.8) is 0 Å². The zero-order valence-electron chi connectivity index (χ0n) is 4.42. The van der Waals surface area contributed by atoms with Crippen LogP contribution in [0.3, 0.4) is 0 Å². The number of nitrogens with one attached hydrogen (secondary N) is 1. The van der Waals surface area contributed by atoms with Crippen LogP contribution in [0.1, 0.15) is 6.92 Å². The maximum atomic E-state index is 10.1. The Hall–Kier alpha value is -1.13. The molecule has 46 valence electrons. The van der Waals surface area contributed by atoms with Crippen LogP contribution in [-0.4, -0.2) is 12.7 Å². The molecule has 0 saturated heterocycles. The first-order valence-electron chi connectivity index (χ1n) is 2.08. The van der Waals surface area contributed by atoms with Gasteiger partial charge in [0.05, 0.1) is 6.61 Å². The van der Waals surface area contributed by atoms with Crippen LogP contribution in [0.5, 0.6) is 0 Å². The molecule has 0 spiro atoms. The average Bonchev–Trinajstić information content (AvgIpc) is 1.68. The van der Waals surface area contributed by atoms with Crippen molar-refractivity contribution in [3.05, 3.63) is 5.53 Å². The highest BCUT2D eigenvalue weighted by atomic mass is 16.5. The average molecular weight is 116 g/mol. The summed E-state index contributed by atoms with van der Waals surface area (Å²) in [6.45, 7) is 1.91. The van der Waals surface area contributed by atoms with Crippen LogP contribution in [0.4, 0.5) is 4.79 Å². The first-order valence-corrected chi connectivity index (χ1v) is 2.08. The zero-order valence-corrected chi connectivity index (χ0v) is 4.42. The molecule has 0 rings (SSSR count). The molecule has 5 nitrogen and oxygen atoms in total. The van der Waals surface area contributed by atoms with Gasteiger partial charge in [0, 0.05) is 0 Å². The summed E-state index contributed by atoms with van der Waals surface area (Å²) >= 11 is 0. The molecule has 0 aromatic rings. The standard InChI is InChI=1S/C3H6N3O2/c1-2-8-3(7)5-6-4/h2H2,1H3,(H-,4,5,7)/q-1. The quantitative estimate of drug-likeness (QED) is 0.425. The fraction of sp³-hybridized carbons (Fsp3) is 0.667. The normalized spacial score (nSPS) is 7.62. The SMILES string of the molecule is CCOC(=O)NN=[N-]. The molecule has 0 radical (unpaired) electrons. The van der Waals surface area contributed by atoms with Crippen molar-refractivity contribution in [2.75, 3.05) is 6.61 Å². The molecule has 0 heterocycles. The third-order valence-corrected chi connectivity index (χ3v) is 0.417. The van der Waals surface area contributed by atoms with E-state index < -0.39 is 6.09 Å². The number of carbonyl (C=O) groups is 1. The summed E-state index contributed by atoms with van der Waals surface area (Å²) in [6.07, 6.45) is -0.755. The molecule has 5 heteroatoms. The largest absolute Gasteiger partial charge is 0.464 e. The van der Waals surface area contributed by atoms with Crippen molar-refractivity contribution in [3.8, 4) is 0 Å². The third-order valence-electron chi connectivity index (χ3n) is 0.417. The summed E-state index contributed by atoms with van der Waals surface area (Å²) in [6, 6.07) is 0. The van der Waals surface area contributed by atoms with Gasteiger partial charge in [-0.25, -0.2) is 4.79 Å². The van der Waals surface area contributed by atoms with Crippen LogP contribution in [-0.2, 0) is 4.74 Å². The van der Waals surface area contributed by atoms with Gasteiger partial charge in [0.25, 0.3) is 0 Å². The van der Waals surface area contributed by atoms with Gasteiger partial charge >= 0.3 is 6.09 Å². The van der Waals surface area contributed by atoms with Gasteiger partial charge in [-0.3, -0.25) is 5.22 Å². The molecule has 0 aliphatic heterocycles. The maximum absolute atomic E-state index is 10.1. The fourth-order valence-corrected chi connectivity index (χ4v) is 0.204. The summed E-state index contributed by atoms with van der Waals surface area (Å²) < 4.78 is 4.28. The zero-order chi connectivity index (χ0) is 6.41. The van der Waals surface area contributed by atoms with E-state index in [0.29, 0.717) is 0 Å². The Bertz CT molecular complexity index is 92.5. The second-order valence-corrected chi connectivity index (χ2v) is 0.932. The molecule has 1 N–H and O–H groups in total. The van der Waals surface area contributed by atoms with Crippen molar-refractivity contribution in [1.82, 2.24) is 5.43 Å². The maximum Gasteiger partial charge on any atom is 0.340 e. The Morgan fingerprint density at radius 1 is 2.00 bits per heavy atom. The van der Waals surface area contributed by atoms with Crippen LogP contribution in [0.2, 0.25) is 0 Å². The van der Waals surface area contributed by atoms with Gasteiger partial charge in [-0.05, 0) is 6.92 Å². The third kappa shape index (κ3) is 3.08. The predicted molar refractivity (Wildman–Crippen MR) is 25.9 cm³/mol. The Kier molecular flexibility index (Phi) is 3.47. The van der Waals surface area contributed by atoms with Crippen LogP contribution in [0, 0.1) is 0 Å². The van der Waals surface area contributed by atoms with Gasteiger partial charge in [0.1, 0.15) is 0 Å². The number of hydrogen-bond acceptors (Lipinski definition) is 3. The van der Waals surface area contributed by atoms with Crippen LogP contribution in [0.25, 0.3) is 5.53 Å². The summed E-state index contributed by atoms with van der Waals surface area (Å²) in [4.78, 5) is 10.1. The number of nitrogens with zero attached hydrogens (tertiary/aromatic N) is 2. The van der Waals surface area contributed by atoms with E-state index in [-0.39, 0.29) is 6.61 Å².